The number of aliphatic hydroxyl groups excluding tert-OH is 1. The lowest BCUT2D eigenvalue weighted by atomic mass is 9.96. The minimum Gasteiger partial charge on any atom is -0.481 e. The second kappa shape index (κ2) is 11.8. The van der Waals surface area contributed by atoms with Crippen molar-refractivity contribution in [1.29, 1.82) is 0 Å². The zero-order valence-corrected chi connectivity index (χ0v) is 14.1. The number of carboxylic acids is 2. The predicted molar refractivity (Wildman–Crippen MR) is 84.4 cm³/mol. The van der Waals surface area contributed by atoms with E-state index in [1.54, 1.807) is 0 Å². The maximum absolute atomic E-state index is 11.7. The molecule has 0 bridgehead atoms. The number of carboxylic acid groups (broad SMARTS) is 2. The second-order valence-electron chi connectivity index (χ2n) is 5.93. The zero-order valence-electron chi connectivity index (χ0n) is 14.1. The number of rotatable bonds is 14. The number of aliphatic carboxylic acids is 2. The minimum absolute atomic E-state index is 0.412. The third-order valence-electron chi connectivity index (χ3n) is 3.66. The van der Waals surface area contributed by atoms with E-state index >= 15 is 0 Å². The Balaban J connectivity index is 4.33. The molecule has 0 saturated heterocycles. The van der Waals surface area contributed by atoms with Gasteiger partial charge in [0, 0.05) is 0 Å². The molecule has 0 rings (SSSR count). The summed E-state index contributed by atoms with van der Waals surface area (Å²) >= 11 is 0. The van der Waals surface area contributed by atoms with Gasteiger partial charge in [0.15, 0.2) is 5.60 Å². The van der Waals surface area contributed by atoms with E-state index < -0.39 is 49.1 Å². The van der Waals surface area contributed by atoms with Gasteiger partial charge >= 0.3 is 17.9 Å². The van der Waals surface area contributed by atoms with E-state index in [4.69, 9.17) is 14.9 Å². The molecule has 140 valence electrons. The van der Waals surface area contributed by atoms with E-state index in [0.29, 0.717) is 6.42 Å². The third-order valence-corrected chi connectivity index (χ3v) is 3.66. The second-order valence-corrected chi connectivity index (χ2v) is 5.93. The molecule has 0 fully saturated rings. The van der Waals surface area contributed by atoms with Crippen LogP contribution in [0.3, 0.4) is 0 Å². The van der Waals surface area contributed by atoms with Crippen molar-refractivity contribution in [2.75, 3.05) is 6.61 Å². The number of aliphatic hydroxyl groups is 2. The van der Waals surface area contributed by atoms with Crippen LogP contribution in [0.25, 0.3) is 0 Å². The Labute approximate surface area is 141 Å². The van der Waals surface area contributed by atoms with Crippen molar-refractivity contribution < 1.29 is 39.5 Å². The normalized spacial score (nSPS) is 14.6. The smallest absolute Gasteiger partial charge is 0.336 e. The first-order chi connectivity index (χ1) is 11.2. The van der Waals surface area contributed by atoms with Crippen LogP contribution >= 0.6 is 0 Å². The van der Waals surface area contributed by atoms with Crippen molar-refractivity contribution >= 4 is 17.9 Å². The highest BCUT2D eigenvalue weighted by Gasteiger charge is 2.41. The maximum atomic E-state index is 11.7. The summed E-state index contributed by atoms with van der Waals surface area (Å²) in [6, 6.07) is 0. The molecule has 0 heterocycles. The average Bonchev–Trinajstić information content (AvgIpc) is 2.48. The van der Waals surface area contributed by atoms with Crippen LogP contribution in [0.1, 0.15) is 64.7 Å². The summed E-state index contributed by atoms with van der Waals surface area (Å²) in [5.41, 5.74) is -2.72. The standard InChI is InChI=1S/C16H28O8/c1-2-3-4-5-6-7-8-12(11-17)24-14(20)10-16(23,15(21)22)9-13(18)19/h12,17,23H,2-11H2,1H3,(H,18,19)(H,21,22). The molecule has 0 aliphatic carbocycles. The van der Waals surface area contributed by atoms with E-state index in [9.17, 15) is 24.6 Å². The number of unbranched alkanes of at least 4 members (excludes halogenated alkanes) is 5. The number of esters is 1. The number of carbonyl (C=O) groups excluding carboxylic acids is 1. The van der Waals surface area contributed by atoms with Crippen LogP contribution in [0.4, 0.5) is 0 Å². The van der Waals surface area contributed by atoms with Crippen molar-refractivity contribution in [2.45, 2.75) is 76.4 Å². The highest BCUT2D eigenvalue weighted by atomic mass is 16.6. The molecule has 0 spiro atoms. The third kappa shape index (κ3) is 9.46. The van der Waals surface area contributed by atoms with Gasteiger partial charge in [0.05, 0.1) is 19.4 Å². The van der Waals surface area contributed by atoms with Crippen LogP contribution < -0.4 is 0 Å². The Hall–Kier alpha value is -1.67. The predicted octanol–water partition coefficient (Wildman–Crippen LogP) is 1.32. The van der Waals surface area contributed by atoms with Crippen LogP contribution in [-0.2, 0) is 19.1 Å². The fraction of sp³-hybridized carbons (Fsp3) is 0.812. The topological polar surface area (TPSA) is 141 Å². The van der Waals surface area contributed by atoms with Gasteiger partial charge in [-0.25, -0.2) is 4.79 Å². The summed E-state index contributed by atoms with van der Waals surface area (Å²) in [6.45, 7) is 1.70. The first kappa shape index (κ1) is 22.3. The summed E-state index contributed by atoms with van der Waals surface area (Å²) in [5.74, 6) is -4.40. The fourth-order valence-corrected chi connectivity index (χ4v) is 2.27. The van der Waals surface area contributed by atoms with Crippen LogP contribution in [0.5, 0.6) is 0 Å². The van der Waals surface area contributed by atoms with Gasteiger partial charge in [0.1, 0.15) is 6.10 Å². The van der Waals surface area contributed by atoms with Gasteiger partial charge in [-0.05, 0) is 12.8 Å². The summed E-state index contributed by atoms with van der Waals surface area (Å²) in [6.07, 6.45) is 3.71. The highest BCUT2D eigenvalue weighted by molar-refractivity contribution is 5.88. The number of hydrogen-bond donors (Lipinski definition) is 4. The van der Waals surface area contributed by atoms with Gasteiger partial charge in [0.2, 0.25) is 0 Å². The molecule has 0 saturated carbocycles. The molecule has 2 atom stereocenters. The minimum atomic E-state index is -2.72. The summed E-state index contributed by atoms with van der Waals surface area (Å²) in [5, 5.41) is 36.5. The largest absolute Gasteiger partial charge is 0.481 e. The van der Waals surface area contributed by atoms with Crippen molar-refractivity contribution in [2.24, 2.45) is 0 Å². The number of carbonyl (C=O) groups is 3. The molecular formula is C16H28O8. The Morgan fingerprint density at radius 3 is 2.08 bits per heavy atom. The van der Waals surface area contributed by atoms with Crippen molar-refractivity contribution in [1.82, 2.24) is 0 Å². The van der Waals surface area contributed by atoms with Gasteiger partial charge in [-0.3, -0.25) is 9.59 Å². The molecule has 0 amide bonds. The Morgan fingerprint density at radius 1 is 1.00 bits per heavy atom. The molecule has 0 radical (unpaired) electrons. The molecule has 0 aliphatic rings. The van der Waals surface area contributed by atoms with Crippen molar-refractivity contribution in [3.8, 4) is 0 Å². The van der Waals surface area contributed by atoms with Crippen LogP contribution in [0, 0.1) is 0 Å². The molecule has 8 heteroatoms. The van der Waals surface area contributed by atoms with E-state index in [1.807, 2.05) is 0 Å². The van der Waals surface area contributed by atoms with E-state index in [-0.39, 0.29) is 0 Å². The highest BCUT2D eigenvalue weighted by Crippen LogP contribution is 2.18. The summed E-state index contributed by atoms with van der Waals surface area (Å²) < 4.78 is 4.95. The van der Waals surface area contributed by atoms with Crippen molar-refractivity contribution in [3.05, 3.63) is 0 Å². The van der Waals surface area contributed by atoms with E-state index in [2.05, 4.69) is 6.92 Å². The van der Waals surface area contributed by atoms with Gasteiger partial charge in [-0.1, -0.05) is 39.0 Å². The molecule has 0 aliphatic heterocycles. The molecule has 0 aromatic carbocycles. The van der Waals surface area contributed by atoms with E-state index in [0.717, 1.165) is 38.5 Å². The molecule has 2 unspecified atom stereocenters. The Morgan fingerprint density at radius 2 is 1.58 bits per heavy atom. The summed E-state index contributed by atoms with van der Waals surface area (Å²) in [7, 11) is 0. The van der Waals surface area contributed by atoms with Crippen LogP contribution in [0.2, 0.25) is 0 Å². The zero-order chi connectivity index (χ0) is 18.6. The van der Waals surface area contributed by atoms with Crippen molar-refractivity contribution in [3.63, 3.8) is 0 Å². The van der Waals surface area contributed by atoms with Gasteiger partial charge in [-0.2, -0.15) is 0 Å². The van der Waals surface area contributed by atoms with E-state index in [1.165, 1.54) is 0 Å². The van der Waals surface area contributed by atoms with Crippen LogP contribution in [0.15, 0.2) is 0 Å². The molecule has 8 nitrogen and oxygen atoms in total. The first-order valence-corrected chi connectivity index (χ1v) is 8.23. The number of hydrogen-bond acceptors (Lipinski definition) is 6. The fourth-order valence-electron chi connectivity index (χ4n) is 2.27. The molecule has 24 heavy (non-hydrogen) atoms. The van der Waals surface area contributed by atoms with Crippen LogP contribution in [-0.4, -0.2) is 56.6 Å². The molecule has 0 aromatic rings. The Kier molecular flexibility index (Phi) is 11.0. The van der Waals surface area contributed by atoms with Gasteiger partial charge in [-0.15, -0.1) is 0 Å². The summed E-state index contributed by atoms with van der Waals surface area (Å²) in [4.78, 5) is 33.3. The first-order valence-electron chi connectivity index (χ1n) is 8.23. The SMILES string of the molecule is CCCCCCCCC(CO)OC(=O)CC(O)(CC(=O)O)C(=O)O. The molecule has 0 aromatic heterocycles. The number of ether oxygens (including phenoxy) is 1. The lowest BCUT2D eigenvalue weighted by molar-refractivity contribution is -0.174. The maximum Gasteiger partial charge on any atom is 0.336 e. The lowest BCUT2D eigenvalue weighted by Crippen LogP contribution is -2.43. The van der Waals surface area contributed by atoms with Gasteiger partial charge in [0.25, 0.3) is 0 Å². The lowest BCUT2D eigenvalue weighted by Gasteiger charge is -2.22. The Bertz CT molecular complexity index is 409. The molecular weight excluding hydrogens is 320 g/mol. The van der Waals surface area contributed by atoms with Gasteiger partial charge < -0.3 is 25.2 Å². The quantitative estimate of drug-likeness (QED) is 0.272. The molecule has 4 N–H and O–H groups in total. The average molecular weight is 348 g/mol. The monoisotopic (exact) mass is 348 g/mol.